The summed E-state index contributed by atoms with van der Waals surface area (Å²) in [6.45, 7) is 0. The second-order valence-electron chi connectivity index (χ2n) is 6.00. The highest BCUT2D eigenvalue weighted by Gasteiger charge is 2.42. The van der Waals surface area contributed by atoms with Crippen LogP contribution in [0.1, 0.15) is 29.5 Å². The van der Waals surface area contributed by atoms with Crippen LogP contribution in [0.3, 0.4) is 0 Å². The summed E-state index contributed by atoms with van der Waals surface area (Å²) in [5.41, 5.74) is 2.74. The average Bonchev–Trinajstić information content (AvgIpc) is 3.05. The number of hydrogen-bond acceptors (Lipinski definition) is 3. The molecule has 1 aliphatic heterocycles. The van der Waals surface area contributed by atoms with Gasteiger partial charge in [0, 0.05) is 12.0 Å². The van der Waals surface area contributed by atoms with Crippen molar-refractivity contribution in [3.05, 3.63) is 80.9 Å². The molecule has 0 fully saturated rings. The minimum atomic E-state index is -0.317. The molecule has 3 atom stereocenters. The van der Waals surface area contributed by atoms with E-state index >= 15 is 0 Å². The SMILES string of the molecule is O=[N+]([O-])c1ccc(Cl)c2c1[C@@H]1C=CC[C@H]1[C@H](c1ccccc1)N2. The number of nitrogens with zero attached hydrogens (tertiary/aromatic N) is 1. The van der Waals surface area contributed by atoms with Gasteiger partial charge in [0.05, 0.1) is 27.2 Å². The standard InChI is InChI=1S/C18H15ClN2O2/c19-14-9-10-15(21(22)23)16-12-7-4-8-13(12)17(20-18(14)16)11-5-2-1-3-6-11/h1-7,9-10,12-13,17,20H,8H2/t12-,13-,17+/m1/s1. The zero-order chi connectivity index (χ0) is 16.0. The Kier molecular flexibility index (Phi) is 3.34. The van der Waals surface area contributed by atoms with Crippen LogP contribution in [0.25, 0.3) is 0 Å². The van der Waals surface area contributed by atoms with Gasteiger partial charge >= 0.3 is 0 Å². The lowest BCUT2D eigenvalue weighted by molar-refractivity contribution is -0.385. The van der Waals surface area contributed by atoms with E-state index in [-0.39, 0.29) is 28.5 Å². The molecule has 0 aromatic heterocycles. The van der Waals surface area contributed by atoms with Crippen LogP contribution in [-0.4, -0.2) is 4.92 Å². The third-order valence-corrected chi connectivity index (χ3v) is 5.12. The zero-order valence-electron chi connectivity index (χ0n) is 12.3. The number of fused-ring (bicyclic) bond motifs is 3. The highest BCUT2D eigenvalue weighted by Crippen LogP contribution is 2.54. The first-order valence-electron chi connectivity index (χ1n) is 7.61. The van der Waals surface area contributed by atoms with Gasteiger partial charge in [-0.1, -0.05) is 54.1 Å². The number of halogens is 1. The third-order valence-electron chi connectivity index (χ3n) is 4.80. The highest BCUT2D eigenvalue weighted by atomic mass is 35.5. The van der Waals surface area contributed by atoms with Gasteiger partial charge in [0.25, 0.3) is 5.69 Å². The van der Waals surface area contributed by atoms with Gasteiger partial charge in [0.1, 0.15) is 0 Å². The first-order chi connectivity index (χ1) is 11.2. The fourth-order valence-corrected chi connectivity index (χ4v) is 4.02. The quantitative estimate of drug-likeness (QED) is 0.476. The van der Waals surface area contributed by atoms with Gasteiger partial charge in [0.15, 0.2) is 0 Å². The lowest BCUT2D eigenvalue weighted by atomic mass is 9.76. The normalized spacial score (nSPS) is 24.7. The summed E-state index contributed by atoms with van der Waals surface area (Å²) in [5, 5.41) is 15.4. The summed E-state index contributed by atoms with van der Waals surface area (Å²) in [6.07, 6.45) is 5.11. The Labute approximate surface area is 138 Å². The van der Waals surface area contributed by atoms with E-state index < -0.39 is 0 Å². The maximum atomic E-state index is 11.4. The molecule has 1 heterocycles. The minimum Gasteiger partial charge on any atom is -0.376 e. The predicted molar refractivity (Wildman–Crippen MR) is 90.9 cm³/mol. The molecule has 0 saturated carbocycles. The summed E-state index contributed by atoms with van der Waals surface area (Å²) < 4.78 is 0. The summed E-state index contributed by atoms with van der Waals surface area (Å²) in [5.74, 6) is 0.289. The van der Waals surface area contributed by atoms with Crippen molar-refractivity contribution in [1.29, 1.82) is 0 Å². The molecule has 0 unspecified atom stereocenters. The zero-order valence-corrected chi connectivity index (χ0v) is 13.0. The number of rotatable bonds is 2. The number of anilines is 1. The first-order valence-corrected chi connectivity index (χ1v) is 7.99. The largest absolute Gasteiger partial charge is 0.376 e. The smallest absolute Gasteiger partial charge is 0.275 e. The van der Waals surface area contributed by atoms with Gasteiger partial charge in [-0.25, -0.2) is 0 Å². The van der Waals surface area contributed by atoms with Crippen molar-refractivity contribution < 1.29 is 4.92 Å². The van der Waals surface area contributed by atoms with E-state index in [2.05, 4.69) is 29.6 Å². The Morgan fingerprint density at radius 3 is 2.70 bits per heavy atom. The minimum absolute atomic E-state index is 0.0237. The van der Waals surface area contributed by atoms with Crippen LogP contribution in [-0.2, 0) is 0 Å². The van der Waals surface area contributed by atoms with Gasteiger partial charge in [-0.2, -0.15) is 0 Å². The number of nitrogens with one attached hydrogen (secondary N) is 1. The summed E-state index contributed by atoms with van der Waals surface area (Å²) in [7, 11) is 0. The molecule has 0 amide bonds. The predicted octanol–water partition coefficient (Wildman–Crippen LogP) is 5.07. The molecule has 1 N–H and O–H groups in total. The molecule has 4 nitrogen and oxygen atoms in total. The van der Waals surface area contributed by atoms with E-state index in [4.69, 9.17) is 11.6 Å². The van der Waals surface area contributed by atoms with Crippen LogP contribution in [0.5, 0.6) is 0 Å². The fourth-order valence-electron chi connectivity index (χ4n) is 3.80. The van der Waals surface area contributed by atoms with Crippen molar-refractivity contribution in [2.45, 2.75) is 18.4 Å². The van der Waals surface area contributed by atoms with E-state index in [1.807, 2.05) is 18.2 Å². The Hall–Kier alpha value is -2.33. The molecule has 1 aliphatic carbocycles. The van der Waals surface area contributed by atoms with Gasteiger partial charge < -0.3 is 5.32 Å². The lowest BCUT2D eigenvalue weighted by Crippen LogP contribution is -2.29. The molecule has 5 heteroatoms. The summed E-state index contributed by atoms with van der Waals surface area (Å²) >= 11 is 6.35. The molecule has 2 aromatic carbocycles. The number of benzene rings is 2. The van der Waals surface area contributed by atoms with Gasteiger partial charge in [-0.05, 0) is 24.0 Å². The van der Waals surface area contributed by atoms with Crippen molar-refractivity contribution in [1.82, 2.24) is 0 Å². The van der Waals surface area contributed by atoms with Crippen molar-refractivity contribution in [3.63, 3.8) is 0 Å². The third kappa shape index (κ3) is 2.21. The number of hydrogen-bond donors (Lipinski definition) is 1. The Morgan fingerprint density at radius 2 is 1.96 bits per heavy atom. The van der Waals surface area contributed by atoms with E-state index in [9.17, 15) is 10.1 Å². The topological polar surface area (TPSA) is 55.2 Å². The fraction of sp³-hybridized carbons (Fsp3) is 0.222. The molecule has 2 aliphatic rings. The second-order valence-corrected chi connectivity index (χ2v) is 6.41. The van der Waals surface area contributed by atoms with Gasteiger partial charge in [0.2, 0.25) is 0 Å². The molecule has 116 valence electrons. The summed E-state index contributed by atoms with van der Waals surface area (Å²) in [6, 6.07) is 13.4. The molecular formula is C18H15ClN2O2. The monoisotopic (exact) mass is 326 g/mol. The Bertz CT molecular complexity index is 804. The molecular weight excluding hydrogens is 312 g/mol. The van der Waals surface area contributed by atoms with E-state index in [0.29, 0.717) is 16.3 Å². The van der Waals surface area contributed by atoms with E-state index in [1.165, 1.54) is 11.6 Å². The Morgan fingerprint density at radius 1 is 1.17 bits per heavy atom. The van der Waals surface area contributed by atoms with Gasteiger partial charge in [-0.15, -0.1) is 0 Å². The number of nitro groups is 1. The average molecular weight is 327 g/mol. The molecule has 0 saturated heterocycles. The number of nitro benzene ring substituents is 1. The molecule has 2 aromatic rings. The van der Waals surface area contributed by atoms with Crippen LogP contribution in [0.15, 0.2) is 54.6 Å². The van der Waals surface area contributed by atoms with E-state index in [1.54, 1.807) is 6.07 Å². The second kappa shape index (κ2) is 5.39. The van der Waals surface area contributed by atoms with Gasteiger partial charge in [-0.3, -0.25) is 10.1 Å². The first kappa shape index (κ1) is 14.3. The molecule has 4 rings (SSSR count). The molecule has 23 heavy (non-hydrogen) atoms. The highest BCUT2D eigenvalue weighted by molar-refractivity contribution is 6.33. The lowest BCUT2D eigenvalue weighted by Gasteiger charge is -2.37. The molecule has 0 bridgehead atoms. The van der Waals surface area contributed by atoms with Crippen molar-refractivity contribution in [2.75, 3.05) is 5.32 Å². The van der Waals surface area contributed by atoms with Crippen molar-refractivity contribution in [2.24, 2.45) is 5.92 Å². The molecule has 0 radical (unpaired) electrons. The van der Waals surface area contributed by atoms with Crippen LogP contribution >= 0.6 is 11.6 Å². The molecule has 0 spiro atoms. The van der Waals surface area contributed by atoms with Crippen LogP contribution < -0.4 is 5.32 Å². The van der Waals surface area contributed by atoms with Crippen LogP contribution in [0.4, 0.5) is 11.4 Å². The van der Waals surface area contributed by atoms with Crippen LogP contribution in [0.2, 0.25) is 5.02 Å². The maximum Gasteiger partial charge on any atom is 0.275 e. The van der Waals surface area contributed by atoms with Crippen LogP contribution in [0, 0.1) is 16.0 Å². The van der Waals surface area contributed by atoms with Crippen molar-refractivity contribution >= 4 is 23.0 Å². The maximum absolute atomic E-state index is 11.4. The Balaban J connectivity index is 1.89. The number of allylic oxidation sites excluding steroid dienone is 2. The summed E-state index contributed by atoms with van der Waals surface area (Å²) in [4.78, 5) is 11.1. The van der Waals surface area contributed by atoms with E-state index in [0.717, 1.165) is 6.42 Å². The van der Waals surface area contributed by atoms with Crippen molar-refractivity contribution in [3.8, 4) is 0 Å².